The molecule has 0 spiro atoms. The summed E-state index contributed by atoms with van der Waals surface area (Å²) in [6, 6.07) is 0. The average Bonchev–Trinajstić information content (AvgIpc) is 2.29. The van der Waals surface area contributed by atoms with E-state index in [0.717, 1.165) is 19.0 Å². The van der Waals surface area contributed by atoms with Crippen LogP contribution in [-0.2, 0) is 0 Å². The van der Waals surface area contributed by atoms with Gasteiger partial charge in [0.25, 0.3) is 0 Å². The topological polar surface area (TPSA) is 32.3 Å². The van der Waals surface area contributed by atoms with Crippen LogP contribution < -0.4 is 5.32 Å². The summed E-state index contributed by atoms with van der Waals surface area (Å²) in [6.07, 6.45) is 6.45. The molecule has 2 nitrogen and oxygen atoms in total. The third-order valence-corrected chi connectivity index (χ3v) is 3.90. The van der Waals surface area contributed by atoms with E-state index in [1.807, 2.05) is 0 Å². The molecule has 0 saturated heterocycles. The van der Waals surface area contributed by atoms with Crippen LogP contribution in [0.15, 0.2) is 0 Å². The Morgan fingerprint density at radius 1 is 1.27 bits per heavy atom. The zero-order valence-corrected chi connectivity index (χ0v) is 10.3. The smallest absolute Gasteiger partial charge is 0.0462 e. The minimum Gasteiger partial charge on any atom is -0.396 e. The van der Waals surface area contributed by atoms with Gasteiger partial charge in [-0.05, 0) is 43.7 Å². The van der Waals surface area contributed by atoms with Gasteiger partial charge >= 0.3 is 0 Å². The zero-order chi connectivity index (χ0) is 11.1. The molecule has 0 aromatic rings. The van der Waals surface area contributed by atoms with Crippen LogP contribution in [0.3, 0.4) is 0 Å². The third-order valence-electron chi connectivity index (χ3n) is 3.90. The molecular weight excluding hydrogens is 186 g/mol. The number of rotatable bonds is 6. The van der Waals surface area contributed by atoms with Gasteiger partial charge in [-0.2, -0.15) is 0 Å². The van der Waals surface area contributed by atoms with Crippen LogP contribution in [0.5, 0.6) is 0 Å². The standard InChI is InChI=1S/C13H27NO/c1-3-11(2)8-14-9-12-6-4-5-7-13(12)10-15/h11-15H,3-10H2,1-2H3. The minimum atomic E-state index is 0.385. The Labute approximate surface area is 94.5 Å². The van der Waals surface area contributed by atoms with E-state index in [1.54, 1.807) is 0 Å². The SMILES string of the molecule is CCC(C)CNCC1CCCCC1CO. The molecule has 0 radical (unpaired) electrons. The number of aliphatic hydroxyl groups excluding tert-OH is 1. The van der Waals surface area contributed by atoms with E-state index < -0.39 is 0 Å². The summed E-state index contributed by atoms with van der Waals surface area (Å²) in [7, 11) is 0. The molecule has 3 atom stereocenters. The Hall–Kier alpha value is -0.0800. The first-order valence-corrected chi connectivity index (χ1v) is 6.59. The van der Waals surface area contributed by atoms with Crippen LogP contribution in [0, 0.1) is 17.8 Å². The monoisotopic (exact) mass is 213 g/mol. The Bertz CT molecular complexity index is 161. The van der Waals surface area contributed by atoms with Gasteiger partial charge in [0.2, 0.25) is 0 Å². The van der Waals surface area contributed by atoms with E-state index in [-0.39, 0.29) is 0 Å². The number of hydrogen-bond donors (Lipinski definition) is 2. The van der Waals surface area contributed by atoms with Crippen LogP contribution >= 0.6 is 0 Å². The molecule has 15 heavy (non-hydrogen) atoms. The molecule has 0 amide bonds. The van der Waals surface area contributed by atoms with Gasteiger partial charge in [0.1, 0.15) is 0 Å². The highest BCUT2D eigenvalue weighted by atomic mass is 16.3. The van der Waals surface area contributed by atoms with Crippen molar-refractivity contribution in [3.8, 4) is 0 Å². The molecule has 0 heterocycles. The summed E-state index contributed by atoms with van der Waals surface area (Å²) in [6.45, 7) is 7.15. The maximum atomic E-state index is 9.29. The highest BCUT2D eigenvalue weighted by Gasteiger charge is 2.23. The summed E-state index contributed by atoms with van der Waals surface area (Å²) < 4.78 is 0. The van der Waals surface area contributed by atoms with E-state index in [1.165, 1.54) is 32.1 Å². The van der Waals surface area contributed by atoms with E-state index in [0.29, 0.717) is 18.4 Å². The maximum Gasteiger partial charge on any atom is 0.0462 e. The number of hydrogen-bond acceptors (Lipinski definition) is 2. The first kappa shape index (κ1) is 13.0. The van der Waals surface area contributed by atoms with E-state index in [4.69, 9.17) is 0 Å². The van der Waals surface area contributed by atoms with E-state index in [9.17, 15) is 5.11 Å². The quantitative estimate of drug-likeness (QED) is 0.710. The minimum absolute atomic E-state index is 0.385. The normalized spacial score (nSPS) is 29.0. The van der Waals surface area contributed by atoms with Gasteiger partial charge < -0.3 is 10.4 Å². The van der Waals surface area contributed by atoms with Gasteiger partial charge in [-0.3, -0.25) is 0 Å². The van der Waals surface area contributed by atoms with Crippen molar-refractivity contribution in [1.82, 2.24) is 5.32 Å². The average molecular weight is 213 g/mol. The zero-order valence-electron chi connectivity index (χ0n) is 10.3. The van der Waals surface area contributed by atoms with Gasteiger partial charge in [0, 0.05) is 6.61 Å². The third kappa shape index (κ3) is 4.52. The van der Waals surface area contributed by atoms with Crippen LogP contribution in [-0.4, -0.2) is 24.8 Å². The molecule has 1 saturated carbocycles. The summed E-state index contributed by atoms with van der Waals surface area (Å²) in [5.41, 5.74) is 0. The van der Waals surface area contributed by atoms with Crippen molar-refractivity contribution in [3.63, 3.8) is 0 Å². The fraction of sp³-hybridized carbons (Fsp3) is 1.00. The lowest BCUT2D eigenvalue weighted by Gasteiger charge is -2.30. The molecule has 0 aromatic carbocycles. The molecule has 90 valence electrons. The molecule has 0 bridgehead atoms. The molecule has 2 heteroatoms. The van der Waals surface area contributed by atoms with Gasteiger partial charge in [-0.15, -0.1) is 0 Å². The van der Waals surface area contributed by atoms with Crippen molar-refractivity contribution in [2.75, 3.05) is 19.7 Å². The lowest BCUT2D eigenvalue weighted by Crippen LogP contribution is -2.34. The highest BCUT2D eigenvalue weighted by Crippen LogP contribution is 2.29. The van der Waals surface area contributed by atoms with E-state index in [2.05, 4.69) is 19.2 Å². The van der Waals surface area contributed by atoms with Crippen molar-refractivity contribution < 1.29 is 5.11 Å². The molecule has 0 aromatic heterocycles. The predicted octanol–water partition coefficient (Wildman–Crippen LogP) is 2.42. The number of aliphatic hydroxyl groups is 1. The van der Waals surface area contributed by atoms with Crippen molar-refractivity contribution >= 4 is 0 Å². The lowest BCUT2D eigenvalue weighted by molar-refractivity contribution is 0.132. The second-order valence-corrected chi connectivity index (χ2v) is 5.16. The van der Waals surface area contributed by atoms with E-state index >= 15 is 0 Å². The van der Waals surface area contributed by atoms with Crippen molar-refractivity contribution in [1.29, 1.82) is 0 Å². The van der Waals surface area contributed by atoms with Gasteiger partial charge in [-0.1, -0.05) is 33.1 Å². The molecule has 0 aliphatic heterocycles. The summed E-state index contributed by atoms with van der Waals surface area (Å²) in [5, 5.41) is 12.8. The fourth-order valence-corrected chi connectivity index (χ4v) is 2.45. The first-order chi connectivity index (χ1) is 7.27. The highest BCUT2D eigenvalue weighted by molar-refractivity contribution is 4.76. The molecule has 1 fully saturated rings. The molecule has 2 N–H and O–H groups in total. The largest absolute Gasteiger partial charge is 0.396 e. The van der Waals surface area contributed by atoms with Crippen molar-refractivity contribution in [2.45, 2.75) is 46.0 Å². The number of nitrogens with one attached hydrogen (secondary N) is 1. The molecule has 1 aliphatic carbocycles. The summed E-state index contributed by atoms with van der Waals surface area (Å²) in [4.78, 5) is 0. The van der Waals surface area contributed by atoms with Crippen LogP contribution in [0.2, 0.25) is 0 Å². The van der Waals surface area contributed by atoms with Gasteiger partial charge in [0.05, 0.1) is 0 Å². The predicted molar refractivity (Wildman–Crippen MR) is 64.9 cm³/mol. The Morgan fingerprint density at radius 3 is 2.53 bits per heavy atom. The molecule has 1 rings (SSSR count). The van der Waals surface area contributed by atoms with Crippen LogP contribution in [0.4, 0.5) is 0 Å². The molecule has 1 aliphatic rings. The summed E-state index contributed by atoms with van der Waals surface area (Å²) >= 11 is 0. The van der Waals surface area contributed by atoms with Crippen LogP contribution in [0.1, 0.15) is 46.0 Å². The van der Waals surface area contributed by atoms with Crippen molar-refractivity contribution in [2.24, 2.45) is 17.8 Å². The molecular formula is C13H27NO. The van der Waals surface area contributed by atoms with Crippen LogP contribution in [0.25, 0.3) is 0 Å². The van der Waals surface area contributed by atoms with Crippen molar-refractivity contribution in [3.05, 3.63) is 0 Å². The molecule has 3 unspecified atom stereocenters. The second-order valence-electron chi connectivity index (χ2n) is 5.16. The fourth-order valence-electron chi connectivity index (χ4n) is 2.45. The first-order valence-electron chi connectivity index (χ1n) is 6.59. The second kappa shape index (κ2) is 7.24. The van der Waals surface area contributed by atoms with Gasteiger partial charge in [-0.25, -0.2) is 0 Å². The summed E-state index contributed by atoms with van der Waals surface area (Å²) in [5.74, 6) is 2.05. The Balaban J connectivity index is 2.17. The lowest BCUT2D eigenvalue weighted by atomic mass is 9.79. The maximum absolute atomic E-state index is 9.29. The van der Waals surface area contributed by atoms with Gasteiger partial charge in [0.15, 0.2) is 0 Å². The Kier molecular flexibility index (Phi) is 6.26. The Morgan fingerprint density at radius 2 is 1.93 bits per heavy atom.